The zero-order valence-electron chi connectivity index (χ0n) is 14.8. The Morgan fingerprint density at radius 1 is 1.15 bits per heavy atom. The first kappa shape index (κ1) is 18.8. The summed E-state index contributed by atoms with van der Waals surface area (Å²) in [5.74, 6) is 1.50. The number of hydrogen-bond acceptors (Lipinski definition) is 6. The van der Waals surface area contributed by atoms with E-state index in [1.807, 2.05) is 31.2 Å². The first-order valence-electron chi connectivity index (χ1n) is 8.01. The van der Waals surface area contributed by atoms with Gasteiger partial charge in [0.15, 0.2) is 5.58 Å². The zero-order chi connectivity index (χ0) is 18.7. The van der Waals surface area contributed by atoms with E-state index in [9.17, 15) is 8.42 Å². The second-order valence-corrected chi connectivity index (χ2v) is 9.10. The van der Waals surface area contributed by atoms with Crippen molar-refractivity contribution in [2.75, 3.05) is 26.5 Å². The Bertz CT molecular complexity index is 996. The van der Waals surface area contributed by atoms with Gasteiger partial charge in [-0.1, -0.05) is 29.5 Å². The van der Waals surface area contributed by atoms with Crippen LogP contribution in [0.1, 0.15) is 5.56 Å². The van der Waals surface area contributed by atoms with Gasteiger partial charge in [-0.15, -0.1) is 0 Å². The summed E-state index contributed by atoms with van der Waals surface area (Å²) in [7, 11) is -0.494. The van der Waals surface area contributed by atoms with Gasteiger partial charge in [-0.05, 0) is 37.3 Å². The summed E-state index contributed by atoms with van der Waals surface area (Å²) in [5, 5.41) is 0.493. The maximum absolute atomic E-state index is 12.2. The van der Waals surface area contributed by atoms with Crippen molar-refractivity contribution in [2.24, 2.45) is 0 Å². The van der Waals surface area contributed by atoms with Crippen LogP contribution in [0.25, 0.3) is 11.1 Å². The second-order valence-electron chi connectivity index (χ2n) is 5.91. The molecule has 0 bridgehead atoms. The van der Waals surface area contributed by atoms with Gasteiger partial charge in [-0.25, -0.2) is 17.7 Å². The summed E-state index contributed by atoms with van der Waals surface area (Å²) in [4.78, 5) is 4.56. The molecule has 0 saturated carbocycles. The third-order valence-electron chi connectivity index (χ3n) is 3.72. The third kappa shape index (κ3) is 4.20. The minimum absolute atomic E-state index is 0.197. The maximum atomic E-state index is 12.2. The minimum atomic E-state index is -3.49. The van der Waals surface area contributed by atoms with Gasteiger partial charge in [-0.2, -0.15) is 0 Å². The van der Waals surface area contributed by atoms with Crippen LogP contribution in [0.4, 0.5) is 0 Å². The number of sulfonamides is 1. The lowest BCUT2D eigenvalue weighted by Crippen LogP contribution is -2.22. The summed E-state index contributed by atoms with van der Waals surface area (Å²) in [6.07, 6.45) is 0. The fourth-order valence-electron chi connectivity index (χ4n) is 2.24. The molecule has 0 N–H and O–H groups in total. The monoisotopic (exact) mass is 392 g/mol. The zero-order valence-corrected chi connectivity index (χ0v) is 16.4. The predicted molar refractivity (Wildman–Crippen MR) is 102 cm³/mol. The molecule has 0 unspecified atom stereocenters. The van der Waals surface area contributed by atoms with Gasteiger partial charge in [0.1, 0.15) is 11.3 Å². The Hall–Kier alpha value is -2.03. The summed E-state index contributed by atoms with van der Waals surface area (Å²) >= 11 is 1.43. The van der Waals surface area contributed by atoms with Crippen molar-refractivity contribution in [1.29, 1.82) is 0 Å². The molecule has 6 nitrogen and oxygen atoms in total. The molecule has 0 radical (unpaired) electrons. The molecule has 138 valence electrons. The predicted octanol–water partition coefficient (Wildman–Crippen LogP) is 3.56. The number of aromatic nitrogens is 1. The molecule has 0 aliphatic heterocycles. The number of aryl methyl sites for hydroxylation is 1. The van der Waals surface area contributed by atoms with Crippen molar-refractivity contribution < 1.29 is 17.6 Å². The van der Waals surface area contributed by atoms with Crippen LogP contribution in [0.15, 0.2) is 57.0 Å². The van der Waals surface area contributed by atoms with Gasteiger partial charge >= 0.3 is 0 Å². The Balaban J connectivity index is 1.63. The van der Waals surface area contributed by atoms with E-state index in [4.69, 9.17) is 9.15 Å². The molecule has 0 aliphatic carbocycles. The van der Waals surface area contributed by atoms with E-state index in [-0.39, 0.29) is 4.90 Å². The van der Waals surface area contributed by atoms with Crippen LogP contribution in [0, 0.1) is 6.92 Å². The van der Waals surface area contributed by atoms with E-state index in [2.05, 4.69) is 4.98 Å². The molecule has 0 aliphatic rings. The number of hydrogen-bond donors (Lipinski definition) is 0. The van der Waals surface area contributed by atoms with Crippen LogP contribution >= 0.6 is 11.8 Å². The van der Waals surface area contributed by atoms with Crippen LogP contribution in [-0.2, 0) is 10.0 Å². The summed E-state index contributed by atoms with van der Waals surface area (Å²) in [6, 6.07) is 12.6. The summed E-state index contributed by atoms with van der Waals surface area (Å²) in [6.45, 7) is 2.55. The third-order valence-corrected chi connectivity index (χ3v) is 6.32. The van der Waals surface area contributed by atoms with Crippen molar-refractivity contribution in [3.63, 3.8) is 0 Å². The number of ether oxygens (including phenoxy) is 1. The van der Waals surface area contributed by atoms with Gasteiger partial charge in [0.25, 0.3) is 5.22 Å². The number of thioether (sulfide) groups is 1. The lowest BCUT2D eigenvalue weighted by atomic mass is 10.2. The van der Waals surface area contributed by atoms with Crippen LogP contribution in [0.3, 0.4) is 0 Å². The molecular formula is C18H20N2O4S2. The number of oxazole rings is 1. The Labute approximate surface area is 157 Å². The highest BCUT2D eigenvalue weighted by Crippen LogP contribution is 2.26. The van der Waals surface area contributed by atoms with Crippen LogP contribution in [0.5, 0.6) is 5.75 Å². The summed E-state index contributed by atoms with van der Waals surface area (Å²) in [5.41, 5.74) is 2.27. The minimum Gasteiger partial charge on any atom is -0.493 e. The first-order chi connectivity index (χ1) is 12.4. The van der Waals surface area contributed by atoms with Crippen LogP contribution in [0.2, 0.25) is 0 Å². The smallest absolute Gasteiger partial charge is 0.256 e. The molecule has 3 rings (SSSR count). The average Bonchev–Trinajstić information content (AvgIpc) is 3.02. The highest BCUT2D eigenvalue weighted by atomic mass is 32.2. The quantitative estimate of drug-likeness (QED) is 0.452. The van der Waals surface area contributed by atoms with Crippen molar-refractivity contribution in [3.8, 4) is 5.75 Å². The molecule has 0 amide bonds. The van der Waals surface area contributed by atoms with Gasteiger partial charge < -0.3 is 9.15 Å². The topological polar surface area (TPSA) is 72.6 Å². The van der Waals surface area contributed by atoms with Crippen molar-refractivity contribution in [2.45, 2.75) is 17.0 Å². The van der Waals surface area contributed by atoms with Crippen LogP contribution in [-0.4, -0.2) is 44.2 Å². The highest BCUT2D eigenvalue weighted by molar-refractivity contribution is 7.99. The van der Waals surface area contributed by atoms with Gasteiger partial charge in [-0.3, -0.25) is 0 Å². The molecule has 0 atom stereocenters. The van der Waals surface area contributed by atoms with Crippen LogP contribution < -0.4 is 4.74 Å². The molecule has 1 heterocycles. The van der Waals surface area contributed by atoms with Gasteiger partial charge in [0.05, 0.1) is 11.5 Å². The van der Waals surface area contributed by atoms with Crippen molar-refractivity contribution >= 4 is 32.9 Å². The molecule has 26 heavy (non-hydrogen) atoms. The Morgan fingerprint density at radius 3 is 2.58 bits per heavy atom. The van der Waals surface area contributed by atoms with E-state index < -0.39 is 10.0 Å². The second kappa shape index (κ2) is 7.69. The molecule has 2 aromatic carbocycles. The normalized spacial score (nSPS) is 12.0. The summed E-state index contributed by atoms with van der Waals surface area (Å²) < 4.78 is 36.9. The van der Waals surface area contributed by atoms with E-state index in [1.54, 1.807) is 6.07 Å². The number of rotatable bonds is 7. The molecule has 3 aromatic rings. The lowest BCUT2D eigenvalue weighted by molar-refractivity contribution is 0.343. The molecule has 0 fully saturated rings. The largest absolute Gasteiger partial charge is 0.493 e. The average molecular weight is 393 g/mol. The van der Waals surface area contributed by atoms with E-state index >= 15 is 0 Å². The van der Waals surface area contributed by atoms with Crippen molar-refractivity contribution in [3.05, 3.63) is 48.0 Å². The number of nitrogens with zero attached hydrogens (tertiary/aromatic N) is 2. The number of benzene rings is 2. The first-order valence-corrected chi connectivity index (χ1v) is 10.4. The van der Waals surface area contributed by atoms with E-state index in [0.717, 1.165) is 5.75 Å². The fraction of sp³-hybridized carbons (Fsp3) is 0.278. The van der Waals surface area contributed by atoms with Gasteiger partial charge in [0.2, 0.25) is 10.0 Å². The molecule has 0 spiro atoms. The lowest BCUT2D eigenvalue weighted by Gasteiger charge is -2.10. The SMILES string of the molecule is Cc1ccc(OCCSc2nc3cc(S(=O)(=O)N(C)C)ccc3o2)cc1. The molecule has 8 heteroatoms. The standard InChI is InChI=1S/C18H20N2O4S2/c1-13-4-6-14(7-5-13)23-10-11-25-18-19-16-12-15(8-9-17(16)24-18)26(21,22)20(2)3/h4-9,12H,10-11H2,1-3H3. The van der Waals surface area contributed by atoms with E-state index in [1.165, 1.54) is 47.9 Å². The molecule has 0 saturated heterocycles. The molecular weight excluding hydrogens is 372 g/mol. The Kier molecular flexibility index (Phi) is 5.55. The van der Waals surface area contributed by atoms with Crippen molar-refractivity contribution in [1.82, 2.24) is 9.29 Å². The van der Waals surface area contributed by atoms with E-state index in [0.29, 0.717) is 28.7 Å². The molecule has 1 aromatic heterocycles. The maximum Gasteiger partial charge on any atom is 0.256 e. The number of fused-ring (bicyclic) bond motifs is 1. The fourth-order valence-corrected chi connectivity index (χ4v) is 3.82. The van der Waals surface area contributed by atoms with Gasteiger partial charge in [0, 0.05) is 19.8 Å². The highest BCUT2D eigenvalue weighted by Gasteiger charge is 2.18. The Morgan fingerprint density at radius 2 is 1.88 bits per heavy atom.